The number of aromatic nitrogens is 2. The Kier molecular flexibility index (Phi) is 2.81. The van der Waals surface area contributed by atoms with E-state index in [2.05, 4.69) is 27.5 Å². The predicted molar refractivity (Wildman–Crippen MR) is 69.7 cm³/mol. The third-order valence-electron chi connectivity index (χ3n) is 3.63. The molecule has 0 unspecified atom stereocenters. The van der Waals surface area contributed by atoms with Gasteiger partial charge in [0.2, 0.25) is 0 Å². The quantitative estimate of drug-likeness (QED) is 0.775. The van der Waals surface area contributed by atoms with Crippen molar-refractivity contribution in [3.05, 3.63) is 35.4 Å². The second kappa shape index (κ2) is 4.31. The molecule has 4 heteroatoms. The molecule has 3 rings (SSSR count). The standard InChI is InChI=1S/C13H16ClN3/c1-16-7-4-10(5-8-16)13-15-9-12-11(14)3-2-6-17(12)13/h2-3,6,9-10H,4-5,7-8H2,1H3. The van der Waals surface area contributed by atoms with Gasteiger partial charge in [-0.1, -0.05) is 11.6 Å². The number of hydrogen-bond donors (Lipinski definition) is 0. The fourth-order valence-electron chi connectivity index (χ4n) is 2.58. The largest absolute Gasteiger partial charge is 0.306 e. The number of nitrogens with zero attached hydrogens (tertiary/aromatic N) is 3. The average molecular weight is 250 g/mol. The van der Waals surface area contributed by atoms with Gasteiger partial charge in [0.05, 0.1) is 16.7 Å². The van der Waals surface area contributed by atoms with E-state index in [4.69, 9.17) is 11.6 Å². The van der Waals surface area contributed by atoms with Gasteiger partial charge >= 0.3 is 0 Å². The molecule has 90 valence electrons. The highest BCUT2D eigenvalue weighted by molar-refractivity contribution is 6.33. The summed E-state index contributed by atoms with van der Waals surface area (Å²) in [4.78, 5) is 6.94. The van der Waals surface area contributed by atoms with Crippen LogP contribution in [0, 0.1) is 0 Å². The van der Waals surface area contributed by atoms with E-state index < -0.39 is 0 Å². The molecule has 0 saturated carbocycles. The Morgan fingerprint density at radius 3 is 2.88 bits per heavy atom. The lowest BCUT2D eigenvalue weighted by Crippen LogP contribution is -2.29. The summed E-state index contributed by atoms with van der Waals surface area (Å²) in [5, 5.41) is 0.777. The third kappa shape index (κ3) is 1.94. The van der Waals surface area contributed by atoms with Crippen molar-refractivity contribution in [2.24, 2.45) is 0 Å². The second-order valence-corrected chi connectivity index (χ2v) is 5.21. The Morgan fingerprint density at radius 1 is 1.35 bits per heavy atom. The number of piperidine rings is 1. The van der Waals surface area contributed by atoms with E-state index in [-0.39, 0.29) is 0 Å². The van der Waals surface area contributed by atoms with Crippen LogP contribution in [0.3, 0.4) is 0 Å². The van der Waals surface area contributed by atoms with Gasteiger partial charge in [-0.15, -0.1) is 0 Å². The first kappa shape index (κ1) is 11.1. The maximum Gasteiger partial charge on any atom is 0.116 e. The van der Waals surface area contributed by atoms with Crippen molar-refractivity contribution in [2.45, 2.75) is 18.8 Å². The summed E-state index contributed by atoms with van der Waals surface area (Å²) < 4.78 is 2.14. The highest BCUT2D eigenvalue weighted by atomic mass is 35.5. The van der Waals surface area contributed by atoms with E-state index in [0.717, 1.165) is 29.5 Å². The zero-order valence-corrected chi connectivity index (χ0v) is 10.7. The van der Waals surface area contributed by atoms with Crippen LogP contribution in [-0.4, -0.2) is 34.4 Å². The Labute approximate surface area is 106 Å². The lowest BCUT2D eigenvalue weighted by atomic mass is 9.96. The maximum absolute atomic E-state index is 6.16. The molecule has 0 radical (unpaired) electrons. The first-order chi connectivity index (χ1) is 8.25. The smallest absolute Gasteiger partial charge is 0.116 e. The Hall–Kier alpha value is -1.06. The van der Waals surface area contributed by atoms with Crippen LogP contribution < -0.4 is 0 Å². The molecule has 1 aliphatic heterocycles. The summed E-state index contributed by atoms with van der Waals surface area (Å²) in [5.41, 5.74) is 1.02. The number of likely N-dealkylation sites (tertiary alicyclic amines) is 1. The number of halogens is 1. The van der Waals surface area contributed by atoms with Gasteiger partial charge in [-0.25, -0.2) is 4.98 Å². The molecule has 0 atom stereocenters. The first-order valence-corrected chi connectivity index (χ1v) is 6.43. The molecule has 1 saturated heterocycles. The van der Waals surface area contributed by atoms with Crippen molar-refractivity contribution < 1.29 is 0 Å². The summed E-state index contributed by atoms with van der Waals surface area (Å²) in [7, 11) is 2.18. The summed E-state index contributed by atoms with van der Waals surface area (Å²) in [6, 6.07) is 3.90. The fraction of sp³-hybridized carbons (Fsp3) is 0.462. The van der Waals surface area contributed by atoms with E-state index in [1.54, 1.807) is 0 Å². The number of rotatable bonds is 1. The van der Waals surface area contributed by atoms with Crippen molar-refractivity contribution in [3.63, 3.8) is 0 Å². The van der Waals surface area contributed by atoms with Gasteiger partial charge < -0.3 is 9.30 Å². The van der Waals surface area contributed by atoms with Crippen LogP contribution in [0.15, 0.2) is 24.5 Å². The van der Waals surface area contributed by atoms with Gasteiger partial charge in [0, 0.05) is 12.1 Å². The van der Waals surface area contributed by atoms with Crippen molar-refractivity contribution >= 4 is 17.1 Å². The van der Waals surface area contributed by atoms with Gasteiger partial charge in [-0.3, -0.25) is 0 Å². The van der Waals surface area contributed by atoms with E-state index in [0.29, 0.717) is 5.92 Å². The van der Waals surface area contributed by atoms with Crippen LogP contribution >= 0.6 is 11.6 Å². The van der Waals surface area contributed by atoms with Gasteiger partial charge in [0.1, 0.15) is 5.82 Å². The Bertz CT molecular complexity index is 526. The molecule has 17 heavy (non-hydrogen) atoms. The van der Waals surface area contributed by atoms with E-state index >= 15 is 0 Å². The molecule has 2 aromatic rings. The Balaban J connectivity index is 1.98. The molecule has 3 nitrogen and oxygen atoms in total. The zero-order valence-electron chi connectivity index (χ0n) is 9.93. The van der Waals surface area contributed by atoms with Crippen molar-refractivity contribution in [1.82, 2.24) is 14.3 Å². The van der Waals surface area contributed by atoms with Gasteiger partial charge in [0.15, 0.2) is 0 Å². The van der Waals surface area contributed by atoms with Crippen LogP contribution in [0.25, 0.3) is 5.52 Å². The highest BCUT2D eigenvalue weighted by Crippen LogP contribution is 2.28. The molecule has 0 N–H and O–H groups in total. The van der Waals surface area contributed by atoms with E-state index in [9.17, 15) is 0 Å². The van der Waals surface area contributed by atoms with Crippen LogP contribution in [-0.2, 0) is 0 Å². The normalized spacial score (nSPS) is 18.9. The lowest BCUT2D eigenvalue weighted by molar-refractivity contribution is 0.251. The van der Waals surface area contributed by atoms with Crippen LogP contribution in [0.4, 0.5) is 0 Å². The molecule has 1 aliphatic rings. The molecule has 3 heterocycles. The molecule has 0 aromatic carbocycles. The SMILES string of the molecule is CN1CCC(c2ncc3c(Cl)cccn23)CC1. The van der Waals surface area contributed by atoms with Crippen molar-refractivity contribution in [2.75, 3.05) is 20.1 Å². The van der Waals surface area contributed by atoms with E-state index in [1.807, 2.05) is 18.3 Å². The van der Waals surface area contributed by atoms with Crippen LogP contribution in [0.1, 0.15) is 24.6 Å². The highest BCUT2D eigenvalue weighted by Gasteiger charge is 2.22. The van der Waals surface area contributed by atoms with Gasteiger partial charge in [0.25, 0.3) is 0 Å². The second-order valence-electron chi connectivity index (χ2n) is 4.81. The topological polar surface area (TPSA) is 20.5 Å². The minimum atomic E-state index is 0.562. The Morgan fingerprint density at radius 2 is 2.12 bits per heavy atom. The van der Waals surface area contributed by atoms with E-state index in [1.165, 1.54) is 12.8 Å². The molecule has 0 aliphatic carbocycles. The number of fused-ring (bicyclic) bond motifs is 1. The minimum Gasteiger partial charge on any atom is -0.306 e. The fourth-order valence-corrected chi connectivity index (χ4v) is 2.79. The van der Waals surface area contributed by atoms with Crippen molar-refractivity contribution in [3.8, 4) is 0 Å². The predicted octanol–water partition coefficient (Wildman–Crippen LogP) is 2.80. The molecule has 0 amide bonds. The molecule has 0 bridgehead atoms. The molecule has 0 spiro atoms. The lowest BCUT2D eigenvalue weighted by Gasteiger charge is -2.28. The number of pyridine rings is 1. The monoisotopic (exact) mass is 249 g/mol. The summed E-state index contributed by atoms with van der Waals surface area (Å²) in [6.07, 6.45) is 6.31. The maximum atomic E-state index is 6.16. The molecule has 1 fully saturated rings. The average Bonchev–Trinajstić information content (AvgIpc) is 2.75. The van der Waals surface area contributed by atoms with Gasteiger partial charge in [-0.2, -0.15) is 0 Å². The van der Waals surface area contributed by atoms with Crippen molar-refractivity contribution in [1.29, 1.82) is 0 Å². The number of imidazole rings is 1. The summed E-state index contributed by atoms with van der Waals surface area (Å²) in [5.74, 6) is 1.72. The zero-order chi connectivity index (χ0) is 11.8. The number of hydrogen-bond acceptors (Lipinski definition) is 2. The molecule has 2 aromatic heterocycles. The van der Waals surface area contributed by atoms with Crippen LogP contribution in [0.5, 0.6) is 0 Å². The first-order valence-electron chi connectivity index (χ1n) is 6.06. The summed E-state index contributed by atoms with van der Waals surface area (Å²) >= 11 is 6.16. The van der Waals surface area contributed by atoms with Gasteiger partial charge in [-0.05, 0) is 45.1 Å². The minimum absolute atomic E-state index is 0.562. The summed E-state index contributed by atoms with van der Waals surface area (Å²) in [6.45, 7) is 2.31. The molecular weight excluding hydrogens is 234 g/mol. The third-order valence-corrected chi connectivity index (χ3v) is 3.95. The van der Waals surface area contributed by atoms with Crippen LogP contribution in [0.2, 0.25) is 5.02 Å². The molecular formula is C13H16ClN3.